The van der Waals surface area contributed by atoms with E-state index < -0.39 is 15.9 Å². The molecule has 2 rings (SSSR count). The van der Waals surface area contributed by atoms with Crippen molar-refractivity contribution in [3.63, 3.8) is 0 Å². The molecule has 0 radical (unpaired) electrons. The highest BCUT2D eigenvalue weighted by Crippen LogP contribution is 2.19. The maximum absolute atomic E-state index is 11.9. The predicted molar refractivity (Wildman–Crippen MR) is 77.3 cm³/mol. The van der Waals surface area contributed by atoms with Crippen molar-refractivity contribution in [2.24, 2.45) is 0 Å². The molecule has 0 atom stereocenters. The smallest absolute Gasteiger partial charge is 0.268 e. The Labute approximate surface area is 122 Å². The highest BCUT2D eigenvalue weighted by molar-refractivity contribution is 7.89. The van der Waals surface area contributed by atoms with Gasteiger partial charge < -0.3 is 4.74 Å². The lowest BCUT2D eigenvalue weighted by Crippen LogP contribution is -2.29. The van der Waals surface area contributed by atoms with Crippen LogP contribution < -0.4 is 9.46 Å². The number of rotatable bonds is 5. The number of hydrogen-bond acceptors (Lipinski definition) is 5. The summed E-state index contributed by atoms with van der Waals surface area (Å²) in [6.07, 6.45) is 4.22. The van der Waals surface area contributed by atoms with Crippen LogP contribution in [0.15, 0.2) is 48.8 Å². The number of pyridine rings is 1. The van der Waals surface area contributed by atoms with E-state index >= 15 is 0 Å². The van der Waals surface area contributed by atoms with E-state index in [1.54, 1.807) is 36.7 Å². The predicted octanol–water partition coefficient (Wildman–Crippen LogP) is 1.35. The van der Waals surface area contributed by atoms with Crippen LogP contribution >= 0.6 is 0 Å². The summed E-state index contributed by atoms with van der Waals surface area (Å²) in [7, 11) is -3.62. The van der Waals surface area contributed by atoms with Gasteiger partial charge in [-0.25, -0.2) is 13.1 Å². The summed E-state index contributed by atoms with van der Waals surface area (Å²) in [6, 6.07) is 10.1. The summed E-state index contributed by atoms with van der Waals surface area (Å²) in [6.45, 7) is 0.233. The Morgan fingerprint density at radius 3 is 2.67 bits per heavy atom. The number of benzene rings is 1. The third-order valence-electron chi connectivity index (χ3n) is 2.53. The van der Waals surface area contributed by atoms with E-state index in [1.165, 1.54) is 6.07 Å². The summed E-state index contributed by atoms with van der Waals surface area (Å²) >= 11 is 0. The molecule has 1 N–H and O–H groups in total. The molecule has 7 heteroatoms. The van der Waals surface area contributed by atoms with Crippen molar-refractivity contribution in [3.8, 4) is 5.75 Å². The Hall–Kier alpha value is -2.41. The highest BCUT2D eigenvalue weighted by atomic mass is 32.2. The molecule has 0 aliphatic carbocycles. The zero-order chi connectivity index (χ0) is 15.3. The van der Waals surface area contributed by atoms with Gasteiger partial charge in [0, 0.05) is 18.0 Å². The minimum atomic E-state index is -3.62. The van der Waals surface area contributed by atoms with E-state index in [2.05, 4.69) is 4.98 Å². The average molecular weight is 306 g/mol. The Balaban J connectivity index is 2.15. The number of carbonyl (C=O) groups excluding carboxylic acids is 1. The van der Waals surface area contributed by atoms with Crippen molar-refractivity contribution in [3.05, 3.63) is 59.9 Å². The number of amides is 1. The van der Waals surface area contributed by atoms with Crippen LogP contribution in [0.5, 0.6) is 5.75 Å². The fourth-order valence-corrected chi connectivity index (χ4v) is 2.09. The van der Waals surface area contributed by atoms with Gasteiger partial charge in [-0.1, -0.05) is 18.2 Å². The molecule has 110 valence electrons. The fourth-order valence-electron chi connectivity index (χ4n) is 1.65. The second kappa shape index (κ2) is 6.36. The van der Waals surface area contributed by atoms with Crippen LogP contribution in [0.1, 0.15) is 15.9 Å². The number of nitrogens with zero attached hydrogens (tertiary/aromatic N) is 1. The molecule has 0 spiro atoms. The first kappa shape index (κ1) is 15.0. The van der Waals surface area contributed by atoms with E-state index in [9.17, 15) is 13.2 Å². The van der Waals surface area contributed by atoms with E-state index in [-0.39, 0.29) is 12.2 Å². The largest absolute Gasteiger partial charge is 0.488 e. The molecule has 1 aromatic heterocycles. The minimum absolute atomic E-state index is 0.159. The summed E-state index contributed by atoms with van der Waals surface area (Å²) in [5, 5.41) is 0. The van der Waals surface area contributed by atoms with Crippen molar-refractivity contribution < 1.29 is 17.9 Å². The second-order valence-electron chi connectivity index (χ2n) is 4.35. The Morgan fingerprint density at radius 2 is 2.00 bits per heavy atom. The van der Waals surface area contributed by atoms with Crippen molar-refractivity contribution in [2.75, 3.05) is 6.26 Å². The zero-order valence-corrected chi connectivity index (χ0v) is 12.1. The van der Waals surface area contributed by atoms with Crippen molar-refractivity contribution in [1.29, 1.82) is 0 Å². The number of sulfonamides is 1. The van der Waals surface area contributed by atoms with Gasteiger partial charge in [0.15, 0.2) is 0 Å². The third kappa shape index (κ3) is 4.57. The van der Waals surface area contributed by atoms with Crippen LogP contribution in [-0.4, -0.2) is 25.6 Å². The zero-order valence-electron chi connectivity index (χ0n) is 11.3. The van der Waals surface area contributed by atoms with Gasteiger partial charge in [0.2, 0.25) is 10.0 Å². The molecule has 1 amide bonds. The molecule has 2 aromatic rings. The van der Waals surface area contributed by atoms with Gasteiger partial charge >= 0.3 is 0 Å². The second-order valence-corrected chi connectivity index (χ2v) is 6.10. The minimum Gasteiger partial charge on any atom is -0.488 e. The summed E-state index contributed by atoms with van der Waals surface area (Å²) in [4.78, 5) is 15.9. The van der Waals surface area contributed by atoms with Gasteiger partial charge in [0.1, 0.15) is 12.4 Å². The Morgan fingerprint density at radius 1 is 1.24 bits per heavy atom. The van der Waals surface area contributed by atoms with E-state index in [0.717, 1.165) is 11.8 Å². The lowest BCUT2D eigenvalue weighted by molar-refractivity contribution is 0.0977. The quantitative estimate of drug-likeness (QED) is 0.901. The monoisotopic (exact) mass is 306 g/mol. The standard InChI is InChI=1S/C14H14N2O4S/c1-21(18,19)16-14(17)12-6-2-3-7-13(12)20-10-11-5-4-8-15-9-11/h2-9H,10H2,1H3,(H,16,17). The molecule has 0 saturated carbocycles. The molecule has 21 heavy (non-hydrogen) atoms. The van der Waals surface area contributed by atoms with Crippen LogP contribution in [0.4, 0.5) is 0 Å². The van der Waals surface area contributed by atoms with Crippen LogP contribution in [0.3, 0.4) is 0 Å². The molecule has 0 aliphatic rings. The van der Waals surface area contributed by atoms with Crippen LogP contribution in [0.2, 0.25) is 0 Å². The number of nitrogens with one attached hydrogen (secondary N) is 1. The van der Waals surface area contributed by atoms with Gasteiger partial charge in [-0.3, -0.25) is 9.78 Å². The number of hydrogen-bond donors (Lipinski definition) is 1. The molecule has 0 bridgehead atoms. The van der Waals surface area contributed by atoms with Crippen LogP contribution in [0.25, 0.3) is 0 Å². The van der Waals surface area contributed by atoms with Gasteiger partial charge in [-0.15, -0.1) is 0 Å². The van der Waals surface area contributed by atoms with Crippen molar-refractivity contribution in [2.45, 2.75) is 6.61 Å². The maximum Gasteiger partial charge on any atom is 0.268 e. The number of ether oxygens (including phenoxy) is 1. The van der Waals surface area contributed by atoms with Gasteiger partial charge in [0.05, 0.1) is 11.8 Å². The topological polar surface area (TPSA) is 85.4 Å². The van der Waals surface area contributed by atoms with Crippen molar-refractivity contribution in [1.82, 2.24) is 9.71 Å². The molecule has 0 aliphatic heterocycles. The fraction of sp³-hybridized carbons (Fsp3) is 0.143. The number of carbonyl (C=O) groups is 1. The van der Waals surface area contributed by atoms with Crippen LogP contribution in [-0.2, 0) is 16.6 Å². The molecule has 0 saturated heterocycles. The summed E-state index contributed by atoms with van der Waals surface area (Å²) < 4.78 is 29.7. The summed E-state index contributed by atoms with van der Waals surface area (Å²) in [5.74, 6) is -0.415. The van der Waals surface area contributed by atoms with Gasteiger partial charge in [-0.2, -0.15) is 0 Å². The van der Waals surface area contributed by atoms with Crippen LogP contribution in [0, 0.1) is 0 Å². The Kier molecular flexibility index (Phi) is 4.54. The van der Waals surface area contributed by atoms with E-state index in [0.29, 0.717) is 5.75 Å². The lowest BCUT2D eigenvalue weighted by atomic mass is 10.2. The molecule has 0 unspecified atom stereocenters. The van der Waals surface area contributed by atoms with E-state index in [1.807, 2.05) is 10.8 Å². The average Bonchev–Trinajstić information content (AvgIpc) is 2.45. The molecule has 1 aromatic carbocycles. The third-order valence-corrected chi connectivity index (χ3v) is 3.08. The molecule has 1 heterocycles. The maximum atomic E-state index is 11.9. The molecular weight excluding hydrogens is 292 g/mol. The SMILES string of the molecule is CS(=O)(=O)NC(=O)c1ccccc1OCc1cccnc1. The first-order valence-corrected chi connectivity index (χ1v) is 7.98. The molecule has 0 fully saturated rings. The Bertz CT molecular complexity index is 730. The van der Waals surface area contributed by atoms with Gasteiger partial charge in [-0.05, 0) is 18.2 Å². The highest BCUT2D eigenvalue weighted by Gasteiger charge is 2.15. The van der Waals surface area contributed by atoms with E-state index in [4.69, 9.17) is 4.74 Å². The summed E-state index contributed by atoms with van der Waals surface area (Å²) in [5.41, 5.74) is 1.00. The first-order chi connectivity index (χ1) is 9.96. The molecular formula is C14H14N2O4S. The number of para-hydroxylation sites is 1. The first-order valence-electron chi connectivity index (χ1n) is 6.08. The van der Waals surface area contributed by atoms with Crippen molar-refractivity contribution >= 4 is 15.9 Å². The lowest BCUT2D eigenvalue weighted by Gasteiger charge is -2.11. The van der Waals surface area contributed by atoms with Gasteiger partial charge in [0.25, 0.3) is 5.91 Å². The normalized spacial score (nSPS) is 10.9. The number of aromatic nitrogens is 1. The molecule has 6 nitrogen and oxygen atoms in total.